The number of nitrogen functional groups attached to an aromatic ring is 1. The number of nitrogens with zero attached hydrogens (tertiary/aromatic N) is 6. The average molecular weight is 435 g/mol. The number of pyridine rings is 1. The number of nitrogens with two attached hydrogens (primary N) is 1. The molecule has 10 nitrogen and oxygen atoms in total. The lowest BCUT2D eigenvalue weighted by Gasteiger charge is -2.26. The third-order valence-corrected chi connectivity index (χ3v) is 4.80. The van der Waals surface area contributed by atoms with E-state index >= 15 is 0 Å². The van der Waals surface area contributed by atoms with Gasteiger partial charge in [-0.25, -0.2) is 0 Å². The van der Waals surface area contributed by atoms with E-state index in [0.29, 0.717) is 56.8 Å². The number of aryl methyl sites for hydroxylation is 1. The van der Waals surface area contributed by atoms with Crippen molar-refractivity contribution in [3.8, 4) is 6.01 Å². The molecule has 1 aliphatic heterocycles. The van der Waals surface area contributed by atoms with Crippen molar-refractivity contribution in [1.82, 2.24) is 19.9 Å². The summed E-state index contributed by atoms with van der Waals surface area (Å²) in [6.45, 7) is 5.04. The summed E-state index contributed by atoms with van der Waals surface area (Å²) in [5.74, 6) is 0.917. The number of anilines is 3. The second kappa shape index (κ2) is 10.5. The van der Waals surface area contributed by atoms with Gasteiger partial charge in [0.25, 0.3) is 0 Å². The predicted octanol–water partition coefficient (Wildman–Crippen LogP) is 2.06. The van der Waals surface area contributed by atoms with E-state index in [-0.39, 0.29) is 6.01 Å². The highest BCUT2D eigenvalue weighted by Gasteiger charge is 2.17. The quantitative estimate of drug-likeness (QED) is 0.311. The molecule has 0 saturated carbocycles. The summed E-state index contributed by atoms with van der Waals surface area (Å²) in [6, 6.07) is 11.7. The smallest absolute Gasteiger partial charge is 0.321 e. The monoisotopic (exact) mass is 434 g/mol. The van der Waals surface area contributed by atoms with Crippen molar-refractivity contribution < 1.29 is 9.47 Å². The van der Waals surface area contributed by atoms with E-state index in [9.17, 15) is 0 Å². The third-order valence-electron chi connectivity index (χ3n) is 4.80. The number of hydrogen-bond donors (Lipinski definition) is 2. The Morgan fingerprint density at radius 2 is 2.06 bits per heavy atom. The van der Waals surface area contributed by atoms with E-state index in [4.69, 9.17) is 15.2 Å². The van der Waals surface area contributed by atoms with Gasteiger partial charge >= 0.3 is 6.01 Å². The first kappa shape index (κ1) is 21.4. The molecule has 1 aromatic carbocycles. The van der Waals surface area contributed by atoms with Gasteiger partial charge in [0, 0.05) is 31.4 Å². The molecular weight excluding hydrogens is 408 g/mol. The Bertz CT molecular complexity index is 1060. The largest absolute Gasteiger partial charge is 0.463 e. The molecule has 0 bridgehead atoms. The molecule has 3 heterocycles. The molecule has 0 radical (unpaired) electrons. The highest BCUT2D eigenvalue weighted by Crippen LogP contribution is 2.19. The van der Waals surface area contributed by atoms with Gasteiger partial charge in [0.1, 0.15) is 0 Å². The zero-order chi connectivity index (χ0) is 22.2. The van der Waals surface area contributed by atoms with Crippen molar-refractivity contribution >= 4 is 23.5 Å². The number of rotatable bonds is 8. The SMILES string of the molecule is Cc1ccc(N)c(NN=Cc2nc(OCCc3ccccn3)nc(N3CCOCC3)n2)c1. The van der Waals surface area contributed by atoms with E-state index < -0.39 is 0 Å². The number of aromatic nitrogens is 4. The van der Waals surface area contributed by atoms with Gasteiger partial charge in [0.2, 0.25) is 5.95 Å². The molecule has 0 aliphatic carbocycles. The van der Waals surface area contributed by atoms with Crippen molar-refractivity contribution in [1.29, 1.82) is 0 Å². The number of benzene rings is 1. The Kier molecular flexibility index (Phi) is 7.03. The fourth-order valence-electron chi connectivity index (χ4n) is 3.11. The maximum absolute atomic E-state index is 6.00. The highest BCUT2D eigenvalue weighted by atomic mass is 16.5. The van der Waals surface area contributed by atoms with Gasteiger partial charge < -0.3 is 20.1 Å². The van der Waals surface area contributed by atoms with Gasteiger partial charge in [-0.2, -0.15) is 20.1 Å². The fraction of sp³-hybridized carbons (Fsp3) is 0.318. The minimum absolute atomic E-state index is 0.244. The predicted molar refractivity (Wildman–Crippen MR) is 123 cm³/mol. The highest BCUT2D eigenvalue weighted by molar-refractivity contribution is 5.77. The molecule has 1 fully saturated rings. The molecule has 0 atom stereocenters. The summed E-state index contributed by atoms with van der Waals surface area (Å²) >= 11 is 0. The van der Waals surface area contributed by atoms with Crippen LogP contribution in [-0.2, 0) is 11.2 Å². The topological polar surface area (TPSA) is 124 Å². The zero-order valence-corrected chi connectivity index (χ0v) is 17.9. The summed E-state index contributed by atoms with van der Waals surface area (Å²) in [4.78, 5) is 19.7. The lowest BCUT2D eigenvalue weighted by Crippen LogP contribution is -2.37. The second-order valence-electron chi connectivity index (χ2n) is 7.26. The molecule has 3 N–H and O–H groups in total. The number of nitrogens with one attached hydrogen (secondary N) is 1. The third kappa shape index (κ3) is 5.88. The Balaban J connectivity index is 1.49. The standard InChI is InChI=1S/C22H26N8O2/c1-16-5-6-18(23)19(14-16)29-25-15-20-26-21(30-9-12-31-13-10-30)28-22(27-20)32-11-7-17-4-2-3-8-24-17/h2-6,8,14-15,29H,7,9-13,23H2,1H3. The molecule has 32 heavy (non-hydrogen) atoms. The van der Waals surface area contributed by atoms with Gasteiger partial charge in [-0.15, -0.1) is 0 Å². The lowest BCUT2D eigenvalue weighted by molar-refractivity contribution is 0.122. The normalized spacial score (nSPS) is 14.0. The zero-order valence-electron chi connectivity index (χ0n) is 17.9. The second-order valence-corrected chi connectivity index (χ2v) is 7.26. The number of morpholine rings is 1. The summed E-state index contributed by atoms with van der Waals surface area (Å²) in [5.41, 5.74) is 12.3. The van der Waals surface area contributed by atoms with Crippen LogP contribution in [0.5, 0.6) is 6.01 Å². The van der Waals surface area contributed by atoms with Crippen molar-refractivity contribution in [3.63, 3.8) is 0 Å². The van der Waals surface area contributed by atoms with Crippen LogP contribution in [0.4, 0.5) is 17.3 Å². The van der Waals surface area contributed by atoms with Crippen LogP contribution >= 0.6 is 0 Å². The first-order valence-corrected chi connectivity index (χ1v) is 10.4. The Labute approximate surface area is 186 Å². The van der Waals surface area contributed by atoms with Crippen molar-refractivity contribution in [3.05, 3.63) is 59.7 Å². The van der Waals surface area contributed by atoms with Crippen molar-refractivity contribution in [2.24, 2.45) is 5.10 Å². The summed E-state index contributed by atoms with van der Waals surface area (Å²) in [6.07, 6.45) is 3.94. The molecule has 166 valence electrons. The molecule has 1 aliphatic rings. The van der Waals surface area contributed by atoms with E-state index in [2.05, 4.69) is 30.5 Å². The Morgan fingerprint density at radius 1 is 1.19 bits per heavy atom. The minimum Gasteiger partial charge on any atom is -0.463 e. The lowest BCUT2D eigenvalue weighted by atomic mass is 10.2. The van der Waals surface area contributed by atoms with Gasteiger partial charge in [-0.05, 0) is 36.8 Å². The van der Waals surface area contributed by atoms with Crippen LogP contribution in [0, 0.1) is 6.92 Å². The van der Waals surface area contributed by atoms with Crippen LogP contribution < -0.4 is 20.8 Å². The maximum atomic E-state index is 6.00. The van der Waals surface area contributed by atoms with Gasteiger partial charge in [0.15, 0.2) is 5.82 Å². The van der Waals surface area contributed by atoms with Gasteiger partial charge in [-0.1, -0.05) is 12.1 Å². The number of ether oxygens (including phenoxy) is 2. The van der Waals surface area contributed by atoms with E-state index in [1.54, 1.807) is 6.20 Å². The van der Waals surface area contributed by atoms with Gasteiger partial charge in [0.05, 0.1) is 37.4 Å². The first-order valence-electron chi connectivity index (χ1n) is 10.4. The molecule has 4 rings (SSSR count). The maximum Gasteiger partial charge on any atom is 0.321 e. The molecule has 3 aromatic rings. The summed E-state index contributed by atoms with van der Waals surface area (Å²) in [5, 5.41) is 4.25. The van der Waals surface area contributed by atoms with Crippen LogP contribution in [0.15, 0.2) is 47.7 Å². The molecular formula is C22H26N8O2. The molecule has 1 saturated heterocycles. The molecule has 10 heteroatoms. The molecule has 0 spiro atoms. The summed E-state index contributed by atoms with van der Waals surface area (Å²) < 4.78 is 11.3. The van der Waals surface area contributed by atoms with Crippen molar-refractivity contribution in [2.75, 3.05) is 49.0 Å². The van der Waals surface area contributed by atoms with E-state index in [1.165, 1.54) is 6.21 Å². The van der Waals surface area contributed by atoms with Crippen LogP contribution in [0.1, 0.15) is 17.1 Å². The van der Waals surface area contributed by atoms with E-state index in [1.807, 2.05) is 48.2 Å². The van der Waals surface area contributed by atoms with Crippen LogP contribution in [0.2, 0.25) is 0 Å². The number of hydrazone groups is 1. The van der Waals surface area contributed by atoms with Gasteiger partial charge in [-0.3, -0.25) is 10.4 Å². The first-order chi connectivity index (χ1) is 15.7. The Morgan fingerprint density at radius 3 is 2.88 bits per heavy atom. The molecule has 0 unspecified atom stereocenters. The average Bonchev–Trinajstić information content (AvgIpc) is 2.82. The van der Waals surface area contributed by atoms with E-state index in [0.717, 1.165) is 16.9 Å². The molecule has 0 amide bonds. The summed E-state index contributed by atoms with van der Waals surface area (Å²) in [7, 11) is 0. The van der Waals surface area contributed by atoms with Crippen LogP contribution in [0.3, 0.4) is 0 Å². The Hall–Kier alpha value is -3.79. The van der Waals surface area contributed by atoms with Crippen LogP contribution in [-0.4, -0.2) is 59.1 Å². The minimum atomic E-state index is 0.244. The molecule has 2 aromatic heterocycles. The van der Waals surface area contributed by atoms with Crippen molar-refractivity contribution in [2.45, 2.75) is 13.3 Å². The fourth-order valence-corrected chi connectivity index (χ4v) is 3.11. The van der Waals surface area contributed by atoms with Crippen LogP contribution in [0.25, 0.3) is 0 Å². The number of hydrogen-bond acceptors (Lipinski definition) is 10.